The van der Waals surface area contributed by atoms with Gasteiger partial charge in [0.1, 0.15) is 12.3 Å². The maximum absolute atomic E-state index is 13.1. The van der Waals surface area contributed by atoms with Crippen molar-refractivity contribution in [3.8, 4) is 5.69 Å². The van der Waals surface area contributed by atoms with E-state index in [2.05, 4.69) is 5.32 Å². The highest BCUT2D eigenvalue weighted by Gasteiger charge is 2.16. The normalized spacial score (nSPS) is 10.9. The molecule has 0 spiro atoms. The molecule has 0 aliphatic carbocycles. The molecule has 0 saturated carbocycles. The topological polar surface area (TPSA) is 86.2 Å². The summed E-state index contributed by atoms with van der Waals surface area (Å²) in [7, 11) is 0. The molecule has 4 rings (SSSR count). The van der Waals surface area contributed by atoms with Gasteiger partial charge in [0.25, 0.3) is 5.56 Å². The van der Waals surface area contributed by atoms with Crippen LogP contribution in [0.4, 0.5) is 0 Å². The van der Waals surface area contributed by atoms with Crippen molar-refractivity contribution in [1.29, 1.82) is 0 Å². The zero-order valence-electron chi connectivity index (χ0n) is 14.9. The summed E-state index contributed by atoms with van der Waals surface area (Å²) in [5.41, 5.74) is -0.118. The molecular weight excluding hydrogens is 358 g/mol. The Hall–Kier alpha value is -3.87. The first-order valence-corrected chi connectivity index (χ1v) is 8.74. The predicted molar refractivity (Wildman–Crippen MR) is 104 cm³/mol. The maximum atomic E-state index is 13.1. The van der Waals surface area contributed by atoms with Crippen LogP contribution in [0.15, 0.2) is 87.0 Å². The number of amides is 1. The Morgan fingerprint density at radius 3 is 2.43 bits per heavy atom. The van der Waals surface area contributed by atoms with E-state index >= 15 is 0 Å². The Morgan fingerprint density at radius 1 is 0.929 bits per heavy atom. The van der Waals surface area contributed by atoms with Gasteiger partial charge in [-0.05, 0) is 36.4 Å². The van der Waals surface area contributed by atoms with Crippen molar-refractivity contribution in [2.24, 2.45) is 0 Å². The number of rotatable bonds is 5. The summed E-state index contributed by atoms with van der Waals surface area (Å²) in [5.74, 6) is 0.252. The van der Waals surface area contributed by atoms with Gasteiger partial charge in [0.05, 0.1) is 29.4 Å². The van der Waals surface area contributed by atoms with Gasteiger partial charge in [-0.25, -0.2) is 9.36 Å². The first-order chi connectivity index (χ1) is 13.6. The molecule has 1 N–H and O–H groups in total. The Morgan fingerprint density at radius 2 is 1.68 bits per heavy atom. The minimum atomic E-state index is -0.567. The monoisotopic (exact) mass is 375 g/mol. The Labute approximate surface area is 159 Å². The molecule has 0 aliphatic rings. The molecule has 0 fully saturated rings. The Kier molecular flexibility index (Phi) is 4.63. The van der Waals surface area contributed by atoms with Gasteiger partial charge in [-0.1, -0.05) is 30.3 Å². The molecule has 0 aliphatic heterocycles. The van der Waals surface area contributed by atoms with Gasteiger partial charge < -0.3 is 9.73 Å². The van der Waals surface area contributed by atoms with Crippen molar-refractivity contribution in [3.05, 3.63) is 99.6 Å². The lowest BCUT2D eigenvalue weighted by Crippen LogP contribution is -2.41. The number of fused-ring (bicyclic) bond motifs is 1. The van der Waals surface area contributed by atoms with Crippen molar-refractivity contribution in [3.63, 3.8) is 0 Å². The van der Waals surface area contributed by atoms with E-state index < -0.39 is 11.2 Å². The van der Waals surface area contributed by atoms with Crippen molar-refractivity contribution in [1.82, 2.24) is 14.5 Å². The van der Waals surface area contributed by atoms with Crippen LogP contribution in [-0.4, -0.2) is 15.0 Å². The summed E-state index contributed by atoms with van der Waals surface area (Å²) in [6, 6.07) is 18.9. The molecule has 0 atom stereocenters. The summed E-state index contributed by atoms with van der Waals surface area (Å²) < 4.78 is 7.58. The number of para-hydroxylation sites is 2. The van der Waals surface area contributed by atoms with Gasteiger partial charge in [0.15, 0.2) is 0 Å². The SMILES string of the molecule is O=C(Cn1c(=O)n(-c2ccccc2)c(=O)c2ccccc21)NCc1ccco1. The fourth-order valence-electron chi connectivity index (χ4n) is 3.08. The van der Waals surface area contributed by atoms with Gasteiger partial charge in [-0.2, -0.15) is 0 Å². The summed E-state index contributed by atoms with van der Waals surface area (Å²) in [4.78, 5) is 38.4. The van der Waals surface area contributed by atoms with Gasteiger partial charge >= 0.3 is 5.69 Å². The van der Waals surface area contributed by atoms with Crippen LogP contribution in [0, 0.1) is 0 Å². The molecule has 7 nitrogen and oxygen atoms in total. The number of benzene rings is 2. The molecule has 140 valence electrons. The van der Waals surface area contributed by atoms with Crippen molar-refractivity contribution >= 4 is 16.8 Å². The number of aromatic nitrogens is 2. The number of furan rings is 1. The molecule has 2 aromatic heterocycles. The molecule has 28 heavy (non-hydrogen) atoms. The number of hydrogen-bond donors (Lipinski definition) is 1. The van der Waals surface area contributed by atoms with Crippen LogP contribution in [0.2, 0.25) is 0 Å². The number of nitrogens with zero attached hydrogens (tertiary/aromatic N) is 2. The summed E-state index contributed by atoms with van der Waals surface area (Å²) >= 11 is 0. The van der Waals surface area contributed by atoms with Gasteiger partial charge in [-0.15, -0.1) is 0 Å². The van der Waals surface area contributed by atoms with Crippen LogP contribution in [0.3, 0.4) is 0 Å². The minimum absolute atomic E-state index is 0.215. The van der Waals surface area contributed by atoms with Crippen LogP contribution in [-0.2, 0) is 17.9 Å². The highest BCUT2D eigenvalue weighted by Crippen LogP contribution is 2.10. The highest BCUT2D eigenvalue weighted by atomic mass is 16.3. The standard InChI is InChI=1S/C21H17N3O4/c25-19(22-13-16-9-6-12-28-16)14-23-18-11-5-4-10-17(18)20(26)24(21(23)27)15-7-2-1-3-8-15/h1-12H,13-14H2,(H,22,25). The lowest BCUT2D eigenvalue weighted by Gasteiger charge is -2.14. The molecule has 0 bridgehead atoms. The van der Waals surface area contributed by atoms with E-state index in [1.54, 1.807) is 66.7 Å². The van der Waals surface area contributed by atoms with Crippen molar-refractivity contribution < 1.29 is 9.21 Å². The van der Waals surface area contributed by atoms with E-state index in [-0.39, 0.29) is 19.0 Å². The molecule has 2 aromatic carbocycles. The van der Waals surface area contributed by atoms with Crippen LogP contribution in [0.25, 0.3) is 16.6 Å². The average Bonchev–Trinajstić information content (AvgIpc) is 3.24. The quantitative estimate of drug-likeness (QED) is 0.579. The second kappa shape index (κ2) is 7.40. The van der Waals surface area contributed by atoms with Crippen LogP contribution >= 0.6 is 0 Å². The Balaban J connectivity index is 1.78. The highest BCUT2D eigenvalue weighted by molar-refractivity contribution is 5.81. The molecular formula is C21H17N3O4. The van der Waals surface area contributed by atoms with E-state index in [9.17, 15) is 14.4 Å². The number of hydrogen-bond acceptors (Lipinski definition) is 4. The van der Waals surface area contributed by atoms with E-state index in [0.717, 1.165) is 4.57 Å². The second-order valence-electron chi connectivity index (χ2n) is 6.22. The Bertz CT molecular complexity index is 1240. The van der Waals surface area contributed by atoms with Crippen molar-refractivity contribution in [2.75, 3.05) is 0 Å². The first kappa shape index (κ1) is 17.5. The first-order valence-electron chi connectivity index (χ1n) is 8.74. The third-order valence-corrected chi connectivity index (χ3v) is 4.41. The molecule has 4 aromatic rings. The smallest absolute Gasteiger partial charge is 0.336 e. The average molecular weight is 375 g/mol. The van der Waals surface area contributed by atoms with Gasteiger partial charge in [0, 0.05) is 0 Å². The molecule has 1 amide bonds. The largest absolute Gasteiger partial charge is 0.467 e. The lowest BCUT2D eigenvalue weighted by atomic mass is 10.2. The van der Waals surface area contributed by atoms with Crippen LogP contribution in [0.1, 0.15) is 5.76 Å². The van der Waals surface area contributed by atoms with E-state index in [0.29, 0.717) is 22.4 Å². The molecule has 0 saturated heterocycles. The summed E-state index contributed by atoms with van der Waals surface area (Å²) in [6.45, 7) is 0.00398. The maximum Gasteiger partial charge on any atom is 0.336 e. The van der Waals surface area contributed by atoms with Gasteiger partial charge in [-0.3, -0.25) is 14.2 Å². The zero-order chi connectivity index (χ0) is 19.5. The second-order valence-corrected chi connectivity index (χ2v) is 6.22. The van der Waals surface area contributed by atoms with E-state index in [1.807, 2.05) is 0 Å². The van der Waals surface area contributed by atoms with Crippen molar-refractivity contribution in [2.45, 2.75) is 13.1 Å². The van der Waals surface area contributed by atoms with Crippen LogP contribution in [0.5, 0.6) is 0 Å². The summed E-state index contributed by atoms with van der Waals surface area (Å²) in [6.07, 6.45) is 1.52. The van der Waals surface area contributed by atoms with E-state index in [4.69, 9.17) is 4.42 Å². The molecule has 0 unspecified atom stereocenters. The fraction of sp³-hybridized carbons (Fsp3) is 0.0952. The summed E-state index contributed by atoms with van der Waals surface area (Å²) in [5, 5.41) is 3.09. The molecule has 2 heterocycles. The number of carbonyl (C=O) groups is 1. The third kappa shape index (κ3) is 3.25. The third-order valence-electron chi connectivity index (χ3n) is 4.41. The number of nitrogens with one attached hydrogen (secondary N) is 1. The predicted octanol–water partition coefficient (Wildman–Crippen LogP) is 2.06. The molecule has 0 radical (unpaired) electrons. The molecule has 7 heteroatoms. The van der Waals surface area contributed by atoms with Gasteiger partial charge in [0.2, 0.25) is 5.91 Å². The lowest BCUT2D eigenvalue weighted by molar-refractivity contribution is -0.121. The fourth-order valence-corrected chi connectivity index (χ4v) is 3.08. The zero-order valence-corrected chi connectivity index (χ0v) is 14.9. The van der Waals surface area contributed by atoms with E-state index in [1.165, 1.54) is 10.8 Å². The van der Waals surface area contributed by atoms with Crippen LogP contribution < -0.4 is 16.6 Å². The minimum Gasteiger partial charge on any atom is -0.467 e. The number of carbonyl (C=O) groups excluding carboxylic acids is 1.